The molecular weight excluding hydrogens is 212 g/mol. The van der Waals surface area contributed by atoms with Gasteiger partial charge in [-0.3, -0.25) is 0 Å². The lowest BCUT2D eigenvalue weighted by Gasteiger charge is -2.30. The van der Waals surface area contributed by atoms with E-state index in [0.29, 0.717) is 5.92 Å². The average molecular weight is 236 g/mol. The molecule has 0 nitrogen and oxygen atoms in total. The van der Waals surface area contributed by atoms with E-state index in [1.165, 1.54) is 11.1 Å². The maximum Gasteiger partial charge on any atom is 0.0322 e. The average Bonchev–Trinajstić information content (AvgIpc) is 2.16. The maximum absolute atomic E-state index is 4.59. The first-order valence-corrected chi connectivity index (χ1v) is 6.44. The van der Waals surface area contributed by atoms with Crippen molar-refractivity contribution in [3.8, 4) is 0 Å². The molecule has 0 atom stereocenters. The summed E-state index contributed by atoms with van der Waals surface area (Å²) < 4.78 is -0.0551. The topological polar surface area (TPSA) is 0 Å². The third-order valence-corrected chi connectivity index (χ3v) is 4.04. The summed E-state index contributed by atoms with van der Waals surface area (Å²) >= 11 is 4.59. The van der Waals surface area contributed by atoms with Crippen molar-refractivity contribution in [3.05, 3.63) is 35.4 Å². The zero-order chi connectivity index (χ0) is 12.6. The summed E-state index contributed by atoms with van der Waals surface area (Å²) in [6, 6.07) is 8.89. The Morgan fingerprint density at radius 1 is 0.875 bits per heavy atom. The van der Waals surface area contributed by atoms with E-state index in [4.69, 9.17) is 0 Å². The van der Waals surface area contributed by atoms with Crippen LogP contribution < -0.4 is 0 Å². The molecule has 0 aliphatic rings. The molecule has 0 saturated heterocycles. The molecule has 0 radical (unpaired) electrons. The molecule has 0 amide bonds. The molecule has 0 saturated carbocycles. The van der Waals surface area contributed by atoms with Gasteiger partial charge in [-0.25, -0.2) is 0 Å². The molecule has 1 rings (SSSR count). The highest BCUT2D eigenvalue weighted by Crippen LogP contribution is 2.33. The van der Waals surface area contributed by atoms with E-state index in [9.17, 15) is 0 Å². The van der Waals surface area contributed by atoms with Gasteiger partial charge in [0.15, 0.2) is 0 Å². The van der Waals surface area contributed by atoms with Crippen LogP contribution in [-0.2, 0) is 10.2 Å². The van der Waals surface area contributed by atoms with Crippen molar-refractivity contribution in [2.45, 2.75) is 51.7 Å². The SMILES string of the molecule is CC(C)C(C)(C)c1ccc(C(C)(C)S)cc1. The summed E-state index contributed by atoms with van der Waals surface area (Å²) in [5.41, 5.74) is 2.92. The predicted octanol–water partition coefficient (Wildman–Crippen LogP) is 4.79. The van der Waals surface area contributed by atoms with Crippen LogP contribution in [0.2, 0.25) is 0 Å². The fraction of sp³-hybridized carbons (Fsp3) is 0.600. The van der Waals surface area contributed by atoms with Crippen LogP contribution in [0.25, 0.3) is 0 Å². The van der Waals surface area contributed by atoms with Crippen LogP contribution in [0.1, 0.15) is 52.7 Å². The Labute approximate surface area is 106 Å². The number of benzene rings is 1. The molecule has 0 N–H and O–H groups in total. The van der Waals surface area contributed by atoms with Gasteiger partial charge >= 0.3 is 0 Å². The normalized spacial score (nSPS) is 13.2. The molecule has 0 fully saturated rings. The first-order chi connectivity index (χ1) is 7.15. The zero-order valence-electron chi connectivity index (χ0n) is 11.3. The van der Waals surface area contributed by atoms with Crippen LogP contribution in [0.5, 0.6) is 0 Å². The van der Waals surface area contributed by atoms with Crippen molar-refractivity contribution in [2.24, 2.45) is 5.92 Å². The molecule has 1 aromatic rings. The Kier molecular flexibility index (Phi) is 3.79. The Hall–Kier alpha value is -0.430. The molecule has 16 heavy (non-hydrogen) atoms. The number of rotatable bonds is 3. The summed E-state index contributed by atoms with van der Waals surface area (Å²) in [6.07, 6.45) is 0. The van der Waals surface area contributed by atoms with Crippen molar-refractivity contribution >= 4 is 12.6 Å². The summed E-state index contributed by atoms with van der Waals surface area (Å²) in [5.74, 6) is 0.641. The van der Waals surface area contributed by atoms with E-state index in [1.54, 1.807) is 0 Å². The lowest BCUT2D eigenvalue weighted by molar-refractivity contribution is 0.372. The van der Waals surface area contributed by atoms with Crippen LogP contribution in [0, 0.1) is 5.92 Å². The summed E-state index contributed by atoms with van der Waals surface area (Å²) in [6.45, 7) is 13.4. The number of hydrogen-bond donors (Lipinski definition) is 1. The largest absolute Gasteiger partial charge is 0.168 e. The number of hydrogen-bond acceptors (Lipinski definition) is 1. The second-order valence-electron chi connectivity index (χ2n) is 6.01. The van der Waals surface area contributed by atoms with E-state index < -0.39 is 0 Å². The van der Waals surface area contributed by atoms with Gasteiger partial charge in [-0.1, -0.05) is 52.0 Å². The van der Waals surface area contributed by atoms with Crippen LogP contribution >= 0.6 is 12.6 Å². The fourth-order valence-corrected chi connectivity index (χ4v) is 1.79. The summed E-state index contributed by atoms with van der Waals surface area (Å²) in [7, 11) is 0. The van der Waals surface area contributed by atoms with E-state index >= 15 is 0 Å². The van der Waals surface area contributed by atoms with Gasteiger partial charge in [0.25, 0.3) is 0 Å². The highest BCUT2D eigenvalue weighted by Gasteiger charge is 2.25. The predicted molar refractivity (Wildman–Crippen MR) is 76.3 cm³/mol. The molecule has 0 heterocycles. The second kappa shape index (κ2) is 4.44. The Morgan fingerprint density at radius 3 is 1.56 bits per heavy atom. The zero-order valence-corrected chi connectivity index (χ0v) is 12.2. The van der Waals surface area contributed by atoms with Crippen molar-refractivity contribution < 1.29 is 0 Å². The molecular formula is C15H24S. The summed E-state index contributed by atoms with van der Waals surface area (Å²) in [5, 5.41) is 0. The van der Waals surface area contributed by atoms with Gasteiger partial charge in [0.1, 0.15) is 0 Å². The van der Waals surface area contributed by atoms with Gasteiger partial charge in [-0.05, 0) is 36.3 Å². The van der Waals surface area contributed by atoms with Crippen molar-refractivity contribution in [2.75, 3.05) is 0 Å². The van der Waals surface area contributed by atoms with Gasteiger partial charge in [-0.2, -0.15) is 12.6 Å². The highest BCUT2D eigenvalue weighted by atomic mass is 32.1. The smallest absolute Gasteiger partial charge is 0.0322 e. The molecule has 0 bridgehead atoms. The van der Waals surface area contributed by atoms with Crippen LogP contribution in [0.15, 0.2) is 24.3 Å². The lowest BCUT2D eigenvalue weighted by Crippen LogP contribution is -2.24. The monoisotopic (exact) mass is 236 g/mol. The molecule has 0 spiro atoms. The number of thiol groups is 1. The molecule has 0 aliphatic heterocycles. The second-order valence-corrected chi connectivity index (χ2v) is 7.13. The van der Waals surface area contributed by atoms with Crippen molar-refractivity contribution in [1.82, 2.24) is 0 Å². The van der Waals surface area contributed by atoms with Gasteiger partial charge < -0.3 is 0 Å². The standard InChI is InChI=1S/C15H24S/c1-11(2)14(3,4)12-7-9-13(10-8-12)15(5,6)16/h7-11,16H,1-6H3. The van der Waals surface area contributed by atoms with Crippen LogP contribution in [0.4, 0.5) is 0 Å². The molecule has 0 aromatic heterocycles. The first kappa shape index (κ1) is 13.6. The molecule has 90 valence electrons. The Bertz CT molecular complexity index is 339. The molecule has 1 aromatic carbocycles. The van der Waals surface area contributed by atoms with Gasteiger partial charge in [-0.15, -0.1) is 0 Å². The third-order valence-electron chi connectivity index (χ3n) is 3.78. The highest BCUT2D eigenvalue weighted by molar-refractivity contribution is 7.81. The van der Waals surface area contributed by atoms with Crippen molar-refractivity contribution in [1.29, 1.82) is 0 Å². The first-order valence-electron chi connectivity index (χ1n) is 5.99. The fourth-order valence-electron chi connectivity index (χ4n) is 1.64. The van der Waals surface area contributed by atoms with Crippen LogP contribution in [0.3, 0.4) is 0 Å². The van der Waals surface area contributed by atoms with E-state index in [2.05, 4.69) is 78.4 Å². The lowest BCUT2D eigenvalue weighted by atomic mass is 9.75. The van der Waals surface area contributed by atoms with Crippen molar-refractivity contribution in [3.63, 3.8) is 0 Å². The third kappa shape index (κ3) is 2.82. The van der Waals surface area contributed by atoms with E-state index in [1.807, 2.05) is 0 Å². The molecule has 0 unspecified atom stereocenters. The Balaban J connectivity index is 3.05. The minimum absolute atomic E-state index is 0.0551. The van der Waals surface area contributed by atoms with E-state index in [0.717, 1.165) is 0 Å². The quantitative estimate of drug-likeness (QED) is 0.717. The van der Waals surface area contributed by atoms with Crippen LogP contribution in [-0.4, -0.2) is 0 Å². The van der Waals surface area contributed by atoms with Gasteiger partial charge in [0, 0.05) is 4.75 Å². The molecule has 0 aliphatic carbocycles. The van der Waals surface area contributed by atoms with E-state index in [-0.39, 0.29) is 10.2 Å². The Morgan fingerprint density at radius 2 is 1.25 bits per heavy atom. The summed E-state index contributed by atoms with van der Waals surface area (Å²) in [4.78, 5) is 0. The van der Waals surface area contributed by atoms with Gasteiger partial charge in [0.2, 0.25) is 0 Å². The minimum Gasteiger partial charge on any atom is -0.168 e. The molecule has 1 heteroatoms. The van der Waals surface area contributed by atoms with Gasteiger partial charge in [0.05, 0.1) is 0 Å². The maximum atomic E-state index is 4.59. The minimum atomic E-state index is -0.0551.